The van der Waals surface area contributed by atoms with Gasteiger partial charge in [-0.2, -0.15) is 13.2 Å². The van der Waals surface area contributed by atoms with Gasteiger partial charge in [-0.05, 0) is 25.0 Å². The molecule has 2 rings (SSSR count). The molecule has 0 spiro atoms. The van der Waals surface area contributed by atoms with E-state index in [9.17, 15) is 13.2 Å². The summed E-state index contributed by atoms with van der Waals surface area (Å²) in [5.74, 6) is 0. The fraction of sp³-hybridized carbons (Fsp3) is 0.538. The van der Waals surface area contributed by atoms with Gasteiger partial charge in [0.05, 0.1) is 0 Å². The van der Waals surface area contributed by atoms with Gasteiger partial charge in [0.2, 0.25) is 0 Å². The Balaban J connectivity index is 2.15. The molecule has 106 valence electrons. The zero-order valence-corrected chi connectivity index (χ0v) is 11.4. The van der Waals surface area contributed by atoms with Crippen molar-refractivity contribution in [1.82, 2.24) is 5.32 Å². The fourth-order valence-electron chi connectivity index (χ4n) is 1.97. The Morgan fingerprint density at radius 1 is 1.37 bits per heavy atom. The van der Waals surface area contributed by atoms with Gasteiger partial charge in [0.15, 0.2) is 0 Å². The maximum Gasteiger partial charge on any atom is 0.405 e. The number of hydrogen-bond acceptors (Lipinski definition) is 2. The minimum atomic E-state index is -4.22. The van der Waals surface area contributed by atoms with Crippen molar-refractivity contribution in [2.45, 2.75) is 31.6 Å². The Morgan fingerprint density at radius 2 is 2.05 bits per heavy atom. The van der Waals surface area contributed by atoms with E-state index in [0.717, 1.165) is 18.4 Å². The molecule has 19 heavy (non-hydrogen) atoms. The first kappa shape index (κ1) is 14.5. The second-order valence-corrected chi connectivity index (χ2v) is 5.27. The molecule has 1 aromatic rings. The van der Waals surface area contributed by atoms with Crippen LogP contribution in [0.15, 0.2) is 18.2 Å². The number of alkyl halides is 3. The highest BCUT2D eigenvalue weighted by molar-refractivity contribution is 6.31. The lowest BCUT2D eigenvalue weighted by Gasteiger charge is -2.24. The summed E-state index contributed by atoms with van der Waals surface area (Å²) in [6, 6.07) is 5.53. The SMILES string of the molecule is CN(CC(F)(F)F)c1cccc(Cl)c1CNC1CC1. The summed E-state index contributed by atoms with van der Waals surface area (Å²) in [4.78, 5) is 1.19. The van der Waals surface area contributed by atoms with Gasteiger partial charge in [-0.15, -0.1) is 0 Å². The van der Waals surface area contributed by atoms with Gasteiger partial charge >= 0.3 is 6.18 Å². The number of benzene rings is 1. The van der Waals surface area contributed by atoms with Crippen molar-refractivity contribution in [2.24, 2.45) is 0 Å². The largest absolute Gasteiger partial charge is 0.405 e. The van der Waals surface area contributed by atoms with E-state index in [2.05, 4.69) is 5.32 Å². The van der Waals surface area contributed by atoms with E-state index < -0.39 is 12.7 Å². The van der Waals surface area contributed by atoms with Gasteiger partial charge < -0.3 is 10.2 Å². The van der Waals surface area contributed by atoms with Gasteiger partial charge in [-0.3, -0.25) is 0 Å². The standard InChI is InChI=1S/C13H16ClF3N2/c1-19(8-13(15,16)17)12-4-2-3-11(14)10(12)7-18-9-5-6-9/h2-4,9,18H,5-8H2,1H3. The van der Waals surface area contributed by atoms with E-state index in [0.29, 0.717) is 23.3 Å². The summed E-state index contributed by atoms with van der Waals surface area (Å²) in [7, 11) is 1.43. The first-order valence-corrected chi connectivity index (χ1v) is 6.53. The topological polar surface area (TPSA) is 15.3 Å². The van der Waals surface area contributed by atoms with Crippen LogP contribution in [0.5, 0.6) is 0 Å². The van der Waals surface area contributed by atoms with E-state index in [1.165, 1.54) is 11.9 Å². The summed E-state index contributed by atoms with van der Waals surface area (Å²) < 4.78 is 37.4. The molecular formula is C13H16ClF3N2. The van der Waals surface area contributed by atoms with Crippen LogP contribution in [0.2, 0.25) is 5.02 Å². The lowest BCUT2D eigenvalue weighted by molar-refractivity contribution is -0.119. The van der Waals surface area contributed by atoms with Crippen molar-refractivity contribution in [2.75, 3.05) is 18.5 Å². The van der Waals surface area contributed by atoms with Gasteiger partial charge in [-0.1, -0.05) is 17.7 Å². The van der Waals surface area contributed by atoms with Crippen molar-refractivity contribution < 1.29 is 13.2 Å². The summed E-state index contributed by atoms with van der Waals surface area (Å²) >= 11 is 6.10. The number of halogens is 4. The molecule has 1 aromatic carbocycles. The Bertz CT molecular complexity index is 444. The molecule has 1 saturated carbocycles. The Kier molecular flexibility index (Phi) is 4.26. The molecule has 0 amide bonds. The van der Waals surface area contributed by atoms with Crippen molar-refractivity contribution >= 4 is 17.3 Å². The van der Waals surface area contributed by atoms with Crippen LogP contribution >= 0.6 is 11.6 Å². The van der Waals surface area contributed by atoms with E-state index in [1.807, 2.05) is 0 Å². The molecule has 0 bridgehead atoms. The predicted octanol–water partition coefficient (Wildman–Crippen LogP) is 3.59. The molecule has 0 radical (unpaired) electrons. The van der Waals surface area contributed by atoms with Gasteiger partial charge in [0.25, 0.3) is 0 Å². The third-order valence-corrected chi connectivity index (χ3v) is 3.42. The van der Waals surface area contributed by atoms with Crippen molar-refractivity contribution in [1.29, 1.82) is 0 Å². The monoisotopic (exact) mass is 292 g/mol. The van der Waals surface area contributed by atoms with Crippen LogP contribution in [0.3, 0.4) is 0 Å². The lowest BCUT2D eigenvalue weighted by atomic mass is 10.1. The number of hydrogen-bond donors (Lipinski definition) is 1. The quantitative estimate of drug-likeness (QED) is 0.892. The molecule has 1 aliphatic carbocycles. The number of anilines is 1. The summed E-state index contributed by atoms with van der Waals surface area (Å²) in [5.41, 5.74) is 1.25. The number of rotatable bonds is 5. The van der Waals surface area contributed by atoms with Crippen LogP contribution in [0, 0.1) is 0 Å². The van der Waals surface area contributed by atoms with Gasteiger partial charge in [0, 0.05) is 35.9 Å². The second kappa shape index (κ2) is 5.59. The number of nitrogens with one attached hydrogen (secondary N) is 1. The summed E-state index contributed by atoms with van der Waals surface area (Å²) in [6.45, 7) is -0.481. The van der Waals surface area contributed by atoms with E-state index >= 15 is 0 Å². The van der Waals surface area contributed by atoms with Crippen LogP contribution in [-0.4, -0.2) is 25.8 Å². The van der Waals surface area contributed by atoms with E-state index in [4.69, 9.17) is 11.6 Å². The maximum atomic E-state index is 12.5. The molecule has 1 N–H and O–H groups in total. The predicted molar refractivity (Wildman–Crippen MR) is 70.6 cm³/mol. The highest BCUT2D eigenvalue weighted by Crippen LogP contribution is 2.30. The molecule has 0 aromatic heterocycles. The average Bonchev–Trinajstić information content (AvgIpc) is 3.08. The van der Waals surface area contributed by atoms with Crippen LogP contribution in [0.25, 0.3) is 0 Å². The Morgan fingerprint density at radius 3 is 2.63 bits per heavy atom. The van der Waals surface area contributed by atoms with Crippen LogP contribution in [0.1, 0.15) is 18.4 Å². The summed E-state index contributed by atoms with van der Waals surface area (Å²) in [6.07, 6.45) is -1.98. The van der Waals surface area contributed by atoms with Crippen LogP contribution < -0.4 is 10.2 Å². The molecule has 1 aliphatic rings. The van der Waals surface area contributed by atoms with Crippen molar-refractivity contribution in [3.05, 3.63) is 28.8 Å². The maximum absolute atomic E-state index is 12.5. The molecule has 6 heteroatoms. The molecule has 1 fully saturated rings. The third-order valence-electron chi connectivity index (χ3n) is 3.07. The molecule has 0 saturated heterocycles. The Labute approximate surface area is 115 Å². The van der Waals surface area contributed by atoms with Crippen LogP contribution in [-0.2, 0) is 6.54 Å². The molecular weight excluding hydrogens is 277 g/mol. The van der Waals surface area contributed by atoms with Gasteiger partial charge in [0.1, 0.15) is 6.54 Å². The smallest absolute Gasteiger partial charge is 0.365 e. The lowest BCUT2D eigenvalue weighted by Crippen LogP contribution is -2.32. The fourth-order valence-corrected chi connectivity index (χ4v) is 2.20. The van der Waals surface area contributed by atoms with Crippen LogP contribution in [0.4, 0.5) is 18.9 Å². The zero-order chi connectivity index (χ0) is 14.0. The zero-order valence-electron chi connectivity index (χ0n) is 10.6. The third kappa shape index (κ3) is 4.28. The molecule has 2 nitrogen and oxygen atoms in total. The minimum Gasteiger partial charge on any atom is -0.365 e. The highest BCUT2D eigenvalue weighted by Gasteiger charge is 2.30. The van der Waals surface area contributed by atoms with E-state index in [1.54, 1.807) is 18.2 Å². The normalized spacial score (nSPS) is 15.6. The second-order valence-electron chi connectivity index (χ2n) is 4.86. The highest BCUT2D eigenvalue weighted by atomic mass is 35.5. The molecule has 0 aliphatic heterocycles. The van der Waals surface area contributed by atoms with E-state index in [-0.39, 0.29) is 0 Å². The molecule has 0 atom stereocenters. The van der Waals surface area contributed by atoms with Crippen molar-refractivity contribution in [3.8, 4) is 0 Å². The number of nitrogens with zero attached hydrogens (tertiary/aromatic N) is 1. The summed E-state index contributed by atoms with van der Waals surface area (Å²) in [5, 5.41) is 3.78. The van der Waals surface area contributed by atoms with Crippen molar-refractivity contribution in [3.63, 3.8) is 0 Å². The average molecular weight is 293 g/mol. The molecule has 0 heterocycles. The first-order valence-electron chi connectivity index (χ1n) is 6.15. The van der Waals surface area contributed by atoms with Gasteiger partial charge in [-0.25, -0.2) is 0 Å². The first-order chi connectivity index (χ1) is 8.87. The molecule has 0 unspecified atom stereocenters. The minimum absolute atomic E-state index is 0.483. The Hall–Kier alpha value is -0.940.